The molecule has 0 rings (SSSR count). The maximum Gasteiger partial charge on any atom is 0.574 e. The Hall–Kier alpha value is 0.0300. The highest BCUT2D eigenvalue weighted by atomic mass is 32.1. The third-order valence-corrected chi connectivity index (χ3v) is 0.378. The molecule has 0 saturated heterocycles. The molecule has 48 valence electrons. The van der Waals surface area contributed by atoms with E-state index < -0.39 is 10.7 Å². The van der Waals surface area contributed by atoms with Crippen molar-refractivity contribution < 1.29 is 17.9 Å². The highest BCUT2D eigenvalue weighted by Crippen LogP contribution is 2.17. The Labute approximate surface area is 54.2 Å². The van der Waals surface area contributed by atoms with Gasteiger partial charge in [0.15, 0.2) is 0 Å². The van der Waals surface area contributed by atoms with Crippen LogP contribution in [-0.2, 0) is 4.74 Å². The van der Waals surface area contributed by atoms with E-state index in [0.717, 1.165) is 0 Å². The Balaban J connectivity index is 3.55. The van der Waals surface area contributed by atoms with Crippen molar-refractivity contribution in [1.82, 2.24) is 0 Å². The third kappa shape index (κ3) is 6.03. The smallest absolute Gasteiger partial charge is 0.389 e. The molecule has 0 fully saturated rings. The van der Waals surface area contributed by atoms with E-state index >= 15 is 0 Å². The van der Waals surface area contributed by atoms with Gasteiger partial charge < -0.3 is 4.74 Å². The minimum atomic E-state index is -4.70. The van der Waals surface area contributed by atoms with Crippen LogP contribution >= 0.6 is 24.8 Å². The van der Waals surface area contributed by atoms with Gasteiger partial charge in [0.1, 0.15) is 0 Å². The van der Waals surface area contributed by atoms with Crippen molar-refractivity contribution in [3.63, 3.8) is 0 Å². The summed E-state index contributed by atoms with van der Waals surface area (Å²) < 4.78 is 35.1. The van der Waals surface area contributed by atoms with Crippen LogP contribution in [0.3, 0.4) is 0 Å². The Morgan fingerprint density at radius 3 is 1.88 bits per heavy atom. The van der Waals surface area contributed by atoms with Crippen molar-refractivity contribution >= 4 is 29.2 Å². The molecular weight excluding hydrogens is 161 g/mol. The zero-order chi connectivity index (χ0) is 6.78. The second kappa shape index (κ2) is 2.54. The van der Waals surface area contributed by atoms with Crippen LogP contribution in [0.5, 0.6) is 0 Å². The second-order valence-electron chi connectivity index (χ2n) is 0.814. The van der Waals surface area contributed by atoms with E-state index in [1.165, 1.54) is 0 Å². The van der Waals surface area contributed by atoms with Crippen molar-refractivity contribution in [2.45, 2.75) is 6.36 Å². The molecule has 0 atom stereocenters. The van der Waals surface area contributed by atoms with Gasteiger partial charge in [-0.1, -0.05) is 12.6 Å². The van der Waals surface area contributed by atoms with Crippen molar-refractivity contribution in [2.24, 2.45) is 0 Å². The van der Waals surface area contributed by atoms with E-state index in [2.05, 4.69) is 29.6 Å². The summed E-state index contributed by atoms with van der Waals surface area (Å²) in [6.07, 6.45) is -4.70. The number of ether oxygens (including phenoxy) is 1. The standard InChI is InChI=1S/C2HF3OS2/c3-2(4,5)6-1(7)8/h(H,7,8). The lowest BCUT2D eigenvalue weighted by Gasteiger charge is -2.03. The topological polar surface area (TPSA) is 9.23 Å². The monoisotopic (exact) mass is 162 g/mol. The lowest BCUT2D eigenvalue weighted by molar-refractivity contribution is -0.280. The molecular formula is C2HF3OS2. The SMILES string of the molecule is FC(F)(F)OC(=S)S. The Kier molecular flexibility index (Phi) is 2.55. The lowest BCUT2D eigenvalue weighted by atomic mass is 11.3. The fourth-order valence-corrected chi connectivity index (χ4v) is 0.297. The van der Waals surface area contributed by atoms with E-state index in [4.69, 9.17) is 0 Å². The van der Waals surface area contributed by atoms with Gasteiger partial charge in [-0.05, 0) is 12.2 Å². The molecule has 0 aromatic carbocycles. The summed E-state index contributed by atoms with van der Waals surface area (Å²) in [5, 5.41) is 0. The maximum atomic E-state index is 10.9. The number of alkyl halides is 3. The molecule has 6 heteroatoms. The minimum Gasteiger partial charge on any atom is -0.389 e. The Morgan fingerprint density at radius 1 is 1.50 bits per heavy atom. The third-order valence-electron chi connectivity index (χ3n) is 0.203. The average Bonchev–Trinajstić information content (AvgIpc) is 1.21. The van der Waals surface area contributed by atoms with Crippen LogP contribution in [0.25, 0.3) is 0 Å². The lowest BCUT2D eigenvalue weighted by Crippen LogP contribution is -2.14. The molecule has 1 nitrogen and oxygen atoms in total. The molecule has 8 heavy (non-hydrogen) atoms. The molecule has 0 aliphatic rings. The fraction of sp³-hybridized carbons (Fsp3) is 0.500. The van der Waals surface area contributed by atoms with Crippen LogP contribution in [0, 0.1) is 0 Å². The number of thiocarbonyl (C=S) groups is 1. The zero-order valence-electron chi connectivity index (χ0n) is 3.40. The quantitative estimate of drug-likeness (QED) is 0.429. The molecule has 0 aliphatic heterocycles. The molecule has 0 heterocycles. The second-order valence-corrected chi connectivity index (χ2v) is 1.89. The number of hydrogen-bond acceptors (Lipinski definition) is 2. The first-order chi connectivity index (χ1) is 3.42. The van der Waals surface area contributed by atoms with Crippen LogP contribution < -0.4 is 0 Å². The summed E-state index contributed by atoms with van der Waals surface area (Å²) in [4.78, 5) is 0. The van der Waals surface area contributed by atoms with E-state index in [-0.39, 0.29) is 0 Å². The minimum absolute atomic E-state index is 0.822. The van der Waals surface area contributed by atoms with Crippen molar-refractivity contribution in [3.05, 3.63) is 0 Å². The van der Waals surface area contributed by atoms with Gasteiger partial charge in [-0.3, -0.25) is 0 Å². The number of hydrogen-bond donors (Lipinski definition) is 1. The van der Waals surface area contributed by atoms with E-state index in [0.29, 0.717) is 0 Å². The van der Waals surface area contributed by atoms with Crippen molar-refractivity contribution in [2.75, 3.05) is 0 Å². The summed E-state index contributed by atoms with van der Waals surface area (Å²) in [5.74, 6) is 0. The van der Waals surface area contributed by atoms with Gasteiger partial charge in [0, 0.05) is 0 Å². The first-order valence-electron chi connectivity index (χ1n) is 1.40. The Morgan fingerprint density at radius 2 is 1.88 bits per heavy atom. The van der Waals surface area contributed by atoms with Gasteiger partial charge in [-0.15, -0.1) is 13.2 Å². The molecule has 0 saturated carbocycles. The number of halogens is 3. The van der Waals surface area contributed by atoms with Crippen LogP contribution in [0.1, 0.15) is 0 Å². The van der Waals surface area contributed by atoms with E-state index in [1.54, 1.807) is 0 Å². The number of thiol groups is 1. The molecule has 0 N–H and O–H groups in total. The van der Waals surface area contributed by atoms with Gasteiger partial charge in [0.25, 0.3) is 0 Å². The zero-order valence-corrected chi connectivity index (χ0v) is 5.11. The first kappa shape index (κ1) is 8.03. The molecule has 0 aromatic rings. The molecule has 0 radical (unpaired) electrons. The fourth-order valence-electron chi connectivity index (χ4n) is 0.0990. The molecule has 0 amide bonds. The molecule has 0 bridgehead atoms. The molecule has 0 spiro atoms. The van der Waals surface area contributed by atoms with Gasteiger partial charge in [-0.2, -0.15) is 0 Å². The van der Waals surface area contributed by atoms with Crippen molar-refractivity contribution in [3.8, 4) is 0 Å². The first-order valence-corrected chi connectivity index (χ1v) is 2.26. The summed E-state index contributed by atoms with van der Waals surface area (Å²) in [7, 11) is 0. The van der Waals surface area contributed by atoms with Gasteiger partial charge in [-0.25, -0.2) is 0 Å². The van der Waals surface area contributed by atoms with Crippen molar-refractivity contribution in [1.29, 1.82) is 0 Å². The highest BCUT2D eigenvalue weighted by molar-refractivity contribution is 8.10. The van der Waals surface area contributed by atoms with Crippen LogP contribution in [0.2, 0.25) is 0 Å². The largest absolute Gasteiger partial charge is 0.574 e. The molecule has 0 unspecified atom stereocenters. The van der Waals surface area contributed by atoms with Crippen LogP contribution in [0.15, 0.2) is 0 Å². The van der Waals surface area contributed by atoms with E-state index in [1.807, 2.05) is 0 Å². The Bertz CT molecular complexity index is 97.9. The van der Waals surface area contributed by atoms with Gasteiger partial charge in [0.2, 0.25) is 4.38 Å². The molecule has 0 aliphatic carbocycles. The summed E-state index contributed by atoms with van der Waals surface area (Å²) in [6, 6.07) is 0. The summed E-state index contributed by atoms with van der Waals surface area (Å²) >= 11 is 6.95. The predicted octanol–water partition coefficient (Wildman–Crippen LogP) is 1.74. The van der Waals surface area contributed by atoms with Crippen LogP contribution in [-0.4, -0.2) is 10.7 Å². The molecule has 0 aromatic heterocycles. The van der Waals surface area contributed by atoms with Crippen LogP contribution in [0.4, 0.5) is 13.2 Å². The van der Waals surface area contributed by atoms with Gasteiger partial charge in [0.05, 0.1) is 0 Å². The highest BCUT2D eigenvalue weighted by Gasteiger charge is 2.31. The summed E-state index contributed by atoms with van der Waals surface area (Å²) in [6.45, 7) is 0. The van der Waals surface area contributed by atoms with E-state index in [9.17, 15) is 13.2 Å². The predicted molar refractivity (Wildman–Crippen MR) is 28.7 cm³/mol. The average molecular weight is 162 g/mol. The normalized spacial score (nSPS) is 11.0. The maximum absolute atomic E-state index is 10.9. The summed E-state index contributed by atoms with van der Waals surface area (Å²) in [5.41, 5.74) is 0. The number of rotatable bonds is 0. The van der Waals surface area contributed by atoms with Gasteiger partial charge >= 0.3 is 6.36 Å².